The standard InChI is InChI=1S/C20H26O5/c1-11-12-4-5-13-19(10-25-17(23)20(13,8-12)15(11)21)7-3-6-18(2)9-24-16(22)14(18)19/h11-14H,3-10H2,1-2H3/t11-,12+,13-,14+,18-,19+,20-/m0/s1. The van der Waals surface area contributed by atoms with Gasteiger partial charge in [-0.15, -0.1) is 0 Å². The van der Waals surface area contributed by atoms with Gasteiger partial charge in [-0.25, -0.2) is 0 Å². The lowest BCUT2D eigenvalue weighted by Gasteiger charge is -2.58. The molecule has 5 nitrogen and oxygen atoms in total. The molecule has 25 heavy (non-hydrogen) atoms. The van der Waals surface area contributed by atoms with Crippen LogP contribution in [0, 0.1) is 39.9 Å². The number of esters is 2. The molecule has 5 heteroatoms. The molecule has 7 atom stereocenters. The first-order valence-electron chi connectivity index (χ1n) is 9.73. The molecule has 0 aromatic carbocycles. The lowest BCUT2D eigenvalue weighted by molar-refractivity contribution is -0.210. The molecule has 2 saturated heterocycles. The second-order valence-corrected chi connectivity index (χ2v) is 9.58. The molecule has 0 amide bonds. The van der Waals surface area contributed by atoms with Gasteiger partial charge in [-0.2, -0.15) is 0 Å². The van der Waals surface area contributed by atoms with Gasteiger partial charge in [0, 0.05) is 16.7 Å². The van der Waals surface area contributed by atoms with Crippen LogP contribution < -0.4 is 0 Å². The van der Waals surface area contributed by atoms with Gasteiger partial charge >= 0.3 is 11.9 Å². The molecule has 2 aliphatic heterocycles. The monoisotopic (exact) mass is 346 g/mol. The highest BCUT2D eigenvalue weighted by Gasteiger charge is 2.74. The quantitative estimate of drug-likeness (QED) is 0.498. The Hall–Kier alpha value is -1.39. The van der Waals surface area contributed by atoms with E-state index in [-0.39, 0.29) is 53.4 Å². The maximum atomic E-state index is 13.2. The Bertz CT molecular complexity index is 686. The number of fused-ring (bicyclic) bond motifs is 4. The topological polar surface area (TPSA) is 69.7 Å². The summed E-state index contributed by atoms with van der Waals surface area (Å²) in [7, 11) is 0. The van der Waals surface area contributed by atoms with Crippen LogP contribution in [0.3, 0.4) is 0 Å². The molecule has 0 unspecified atom stereocenters. The minimum atomic E-state index is -0.998. The van der Waals surface area contributed by atoms with Crippen molar-refractivity contribution in [3.8, 4) is 0 Å². The SMILES string of the molecule is C[C@@H]1C(=O)[C@]23C[C@H]1CC[C@H]2[C@@]1(CCC[C@@]2(C)COC(=O)[C@H]21)COC3=O. The zero-order valence-corrected chi connectivity index (χ0v) is 15.0. The fraction of sp³-hybridized carbons (Fsp3) is 0.850. The van der Waals surface area contributed by atoms with Gasteiger partial charge in [-0.05, 0) is 43.9 Å². The summed E-state index contributed by atoms with van der Waals surface area (Å²) in [5, 5.41) is 0. The van der Waals surface area contributed by atoms with E-state index in [1.54, 1.807) is 0 Å². The molecule has 2 heterocycles. The molecule has 3 saturated carbocycles. The summed E-state index contributed by atoms with van der Waals surface area (Å²) in [6.07, 6.45) is 5.28. The number of carbonyl (C=O) groups excluding carboxylic acids is 3. The molecule has 0 N–H and O–H groups in total. The van der Waals surface area contributed by atoms with E-state index in [4.69, 9.17) is 9.47 Å². The van der Waals surface area contributed by atoms with Crippen molar-refractivity contribution in [2.24, 2.45) is 39.9 Å². The second-order valence-electron chi connectivity index (χ2n) is 9.58. The van der Waals surface area contributed by atoms with E-state index in [2.05, 4.69) is 6.92 Å². The average molecular weight is 346 g/mol. The van der Waals surface area contributed by atoms with E-state index in [1.165, 1.54) is 0 Å². The zero-order valence-electron chi connectivity index (χ0n) is 15.0. The molecule has 5 fully saturated rings. The molecule has 3 aliphatic carbocycles. The predicted octanol–water partition coefficient (Wildman–Crippen LogP) is 2.51. The molecule has 136 valence electrons. The molecule has 2 bridgehead atoms. The Labute approximate surface area is 147 Å². The third-order valence-corrected chi connectivity index (χ3v) is 8.54. The molecule has 2 spiro atoms. The van der Waals surface area contributed by atoms with Crippen molar-refractivity contribution in [2.45, 2.75) is 52.4 Å². The van der Waals surface area contributed by atoms with Gasteiger partial charge < -0.3 is 9.47 Å². The van der Waals surface area contributed by atoms with Crippen LogP contribution in [0.15, 0.2) is 0 Å². The van der Waals surface area contributed by atoms with Crippen molar-refractivity contribution >= 4 is 17.7 Å². The Balaban J connectivity index is 1.67. The fourth-order valence-electron chi connectivity index (χ4n) is 7.47. The van der Waals surface area contributed by atoms with Crippen LogP contribution in [0.25, 0.3) is 0 Å². The molecule has 0 aromatic heterocycles. The summed E-state index contributed by atoms with van der Waals surface area (Å²) < 4.78 is 11.2. The maximum Gasteiger partial charge on any atom is 0.319 e. The van der Waals surface area contributed by atoms with E-state index < -0.39 is 10.8 Å². The van der Waals surface area contributed by atoms with Crippen molar-refractivity contribution in [2.75, 3.05) is 13.2 Å². The van der Waals surface area contributed by atoms with Crippen LogP contribution in [0.1, 0.15) is 52.4 Å². The maximum absolute atomic E-state index is 13.2. The second kappa shape index (κ2) is 4.66. The number of ether oxygens (including phenoxy) is 2. The van der Waals surface area contributed by atoms with E-state index in [9.17, 15) is 14.4 Å². The van der Waals surface area contributed by atoms with E-state index in [0.29, 0.717) is 13.0 Å². The first-order chi connectivity index (χ1) is 11.9. The summed E-state index contributed by atoms with van der Waals surface area (Å²) in [6.45, 7) is 4.84. The lowest BCUT2D eigenvalue weighted by atomic mass is 9.45. The fourth-order valence-corrected chi connectivity index (χ4v) is 7.47. The molecule has 0 radical (unpaired) electrons. The number of ketones is 1. The predicted molar refractivity (Wildman–Crippen MR) is 87.2 cm³/mol. The van der Waals surface area contributed by atoms with Gasteiger partial charge in [0.1, 0.15) is 5.41 Å². The van der Waals surface area contributed by atoms with Gasteiger partial charge in [0.05, 0.1) is 19.1 Å². The van der Waals surface area contributed by atoms with Crippen LogP contribution in [0.2, 0.25) is 0 Å². The Morgan fingerprint density at radius 3 is 2.64 bits per heavy atom. The number of carbonyl (C=O) groups is 3. The minimum Gasteiger partial charge on any atom is -0.465 e. The third-order valence-electron chi connectivity index (χ3n) is 8.54. The molecule has 5 aliphatic rings. The van der Waals surface area contributed by atoms with E-state index >= 15 is 0 Å². The van der Waals surface area contributed by atoms with Crippen LogP contribution in [-0.4, -0.2) is 30.9 Å². The minimum absolute atomic E-state index is 0.0646. The van der Waals surface area contributed by atoms with Gasteiger partial charge in [0.2, 0.25) is 0 Å². The molecule has 5 rings (SSSR count). The molecular weight excluding hydrogens is 320 g/mol. The number of Topliss-reactive ketones (excluding diaryl/α,β-unsaturated/α-hetero) is 1. The summed E-state index contributed by atoms with van der Waals surface area (Å²) >= 11 is 0. The van der Waals surface area contributed by atoms with Crippen molar-refractivity contribution in [1.82, 2.24) is 0 Å². The van der Waals surface area contributed by atoms with Crippen LogP contribution in [0.4, 0.5) is 0 Å². The number of hydrogen-bond acceptors (Lipinski definition) is 5. The van der Waals surface area contributed by atoms with Crippen LogP contribution >= 0.6 is 0 Å². The summed E-state index contributed by atoms with van der Waals surface area (Å²) in [5.41, 5.74) is -1.61. The smallest absolute Gasteiger partial charge is 0.319 e. The van der Waals surface area contributed by atoms with Crippen molar-refractivity contribution in [3.05, 3.63) is 0 Å². The number of hydrogen-bond donors (Lipinski definition) is 0. The Morgan fingerprint density at radius 2 is 1.84 bits per heavy atom. The van der Waals surface area contributed by atoms with E-state index in [1.807, 2.05) is 6.92 Å². The summed E-state index contributed by atoms with van der Waals surface area (Å²) in [4.78, 5) is 38.8. The number of rotatable bonds is 0. The molecular formula is C20H26O5. The third kappa shape index (κ3) is 1.64. The van der Waals surface area contributed by atoms with E-state index in [0.717, 1.165) is 32.1 Å². The van der Waals surface area contributed by atoms with Crippen molar-refractivity contribution in [3.63, 3.8) is 0 Å². The lowest BCUT2D eigenvalue weighted by Crippen LogP contribution is -2.64. The summed E-state index contributed by atoms with van der Waals surface area (Å²) in [5.74, 6) is -0.483. The largest absolute Gasteiger partial charge is 0.465 e. The zero-order chi connectivity index (χ0) is 17.6. The van der Waals surface area contributed by atoms with Crippen molar-refractivity contribution < 1.29 is 23.9 Å². The van der Waals surface area contributed by atoms with Gasteiger partial charge in [0.15, 0.2) is 5.78 Å². The normalized spacial score (nSPS) is 54.1. The first kappa shape index (κ1) is 15.8. The summed E-state index contributed by atoms with van der Waals surface area (Å²) in [6, 6.07) is 0. The van der Waals surface area contributed by atoms with Crippen molar-refractivity contribution in [1.29, 1.82) is 0 Å². The molecule has 0 aromatic rings. The average Bonchev–Trinajstić information content (AvgIpc) is 3.01. The Morgan fingerprint density at radius 1 is 1.04 bits per heavy atom. The number of cyclic esters (lactones) is 2. The van der Waals surface area contributed by atoms with Gasteiger partial charge in [0.25, 0.3) is 0 Å². The van der Waals surface area contributed by atoms with Crippen LogP contribution in [-0.2, 0) is 23.9 Å². The highest BCUT2D eigenvalue weighted by atomic mass is 16.5. The first-order valence-corrected chi connectivity index (χ1v) is 9.73. The Kier molecular flexibility index (Phi) is 2.95. The van der Waals surface area contributed by atoms with Gasteiger partial charge in [-0.1, -0.05) is 20.3 Å². The highest BCUT2D eigenvalue weighted by Crippen LogP contribution is 2.69. The highest BCUT2D eigenvalue weighted by molar-refractivity contribution is 6.07. The van der Waals surface area contributed by atoms with Crippen LogP contribution in [0.5, 0.6) is 0 Å². The van der Waals surface area contributed by atoms with Gasteiger partial charge in [-0.3, -0.25) is 14.4 Å².